The highest BCUT2D eigenvalue weighted by Crippen LogP contribution is 1.98. The number of benzene rings is 1. The summed E-state index contributed by atoms with van der Waals surface area (Å²) in [4.78, 5) is 2.40. The molecule has 3 heteroatoms. The molecule has 3 nitrogen and oxygen atoms in total. The van der Waals surface area contributed by atoms with E-state index in [4.69, 9.17) is 4.74 Å². The molecule has 1 fully saturated rings. The van der Waals surface area contributed by atoms with Crippen LogP contribution in [-0.4, -0.2) is 44.4 Å². The monoisotopic (exact) mass is 220 g/mol. The van der Waals surface area contributed by atoms with E-state index in [0.717, 1.165) is 45.9 Å². The van der Waals surface area contributed by atoms with Crippen LogP contribution in [0.4, 0.5) is 0 Å². The molecule has 1 aromatic carbocycles. The molecular formula is C13H20N2O. The Bertz CT molecular complexity index is 283. The zero-order valence-electron chi connectivity index (χ0n) is 9.69. The van der Waals surface area contributed by atoms with Crippen molar-refractivity contribution < 1.29 is 4.74 Å². The molecule has 0 spiro atoms. The normalized spacial score (nSPS) is 17.5. The fourth-order valence-corrected chi connectivity index (χ4v) is 1.87. The van der Waals surface area contributed by atoms with Crippen LogP contribution in [0.5, 0.6) is 0 Å². The lowest BCUT2D eigenvalue weighted by molar-refractivity contribution is 0.0343. The van der Waals surface area contributed by atoms with Crippen LogP contribution in [0.15, 0.2) is 30.3 Å². The minimum atomic E-state index is 0.875. The summed E-state index contributed by atoms with van der Waals surface area (Å²) in [7, 11) is 0. The van der Waals surface area contributed by atoms with Gasteiger partial charge in [0.1, 0.15) is 0 Å². The smallest absolute Gasteiger partial charge is 0.0594 e. The third kappa shape index (κ3) is 3.93. The zero-order chi connectivity index (χ0) is 11.1. The summed E-state index contributed by atoms with van der Waals surface area (Å²) in [5, 5.41) is 3.47. The second-order valence-electron chi connectivity index (χ2n) is 4.12. The Kier molecular flexibility index (Phi) is 4.80. The van der Waals surface area contributed by atoms with E-state index in [1.165, 1.54) is 5.56 Å². The third-order valence-electron chi connectivity index (χ3n) is 2.87. The molecule has 1 saturated heterocycles. The Morgan fingerprint density at radius 3 is 2.62 bits per heavy atom. The first kappa shape index (κ1) is 11.6. The van der Waals surface area contributed by atoms with Crippen molar-refractivity contribution >= 4 is 0 Å². The van der Waals surface area contributed by atoms with Gasteiger partial charge in [-0.25, -0.2) is 0 Å². The first-order valence-corrected chi connectivity index (χ1v) is 6.00. The minimum absolute atomic E-state index is 0.875. The first-order chi connectivity index (χ1) is 7.95. The molecule has 0 aliphatic carbocycles. The molecule has 0 aromatic heterocycles. The average Bonchev–Trinajstić information content (AvgIpc) is 2.37. The molecule has 0 amide bonds. The second-order valence-corrected chi connectivity index (χ2v) is 4.12. The fourth-order valence-electron chi connectivity index (χ4n) is 1.87. The third-order valence-corrected chi connectivity index (χ3v) is 2.87. The average molecular weight is 220 g/mol. The van der Waals surface area contributed by atoms with Crippen LogP contribution >= 0.6 is 0 Å². The van der Waals surface area contributed by atoms with Gasteiger partial charge in [0.05, 0.1) is 13.2 Å². The lowest BCUT2D eigenvalue weighted by Gasteiger charge is -2.26. The van der Waals surface area contributed by atoms with Gasteiger partial charge in [0, 0.05) is 26.3 Å². The Morgan fingerprint density at radius 1 is 1.12 bits per heavy atom. The van der Waals surface area contributed by atoms with Gasteiger partial charge in [-0.2, -0.15) is 0 Å². The molecule has 16 heavy (non-hydrogen) atoms. The predicted octanol–water partition coefficient (Wildman–Crippen LogP) is 1.11. The summed E-state index contributed by atoms with van der Waals surface area (Å²) in [5.41, 5.74) is 1.40. The number of morpholine rings is 1. The molecule has 88 valence electrons. The van der Waals surface area contributed by atoms with E-state index in [-0.39, 0.29) is 0 Å². The quantitative estimate of drug-likeness (QED) is 0.752. The van der Waals surface area contributed by atoms with E-state index in [9.17, 15) is 0 Å². The van der Waals surface area contributed by atoms with E-state index in [1.54, 1.807) is 0 Å². The molecule has 1 N–H and O–H groups in total. The number of hydrogen-bond acceptors (Lipinski definition) is 3. The topological polar surface area (TPSA) is 24.5 Å². The van der Waals surface area contributed by atoms with Gasteiger partial charge in [-0.05, 0) is 12.0 Å². The number of nitrogens with zero attached hydrogens (tertiary/aromatic N) is 1. The maximum absolute atomic E-state index is 5.31. The van der Waals surface area contributed by atoms with Gasteiger partial charge in [-0.15, -0.1) is 0 Å². The highest BCUT2D eigenvalue weighted by atomic mass is 16.5. The van der Waals surface area contributed by atoms with Gasteiger partial charge >= 0.3 is 0 Å². The Hall–Kier alpha value is -0.900. The van der Waals surface area contributed by atoms with Gasteiger partial charge in [0.25, 0.3) is 0 Å². The Morgan fingerprint density at radius 2 is 1.88 bits per heavy atom. The molecule has 0 saturated carbocycles. The molecule has 0 atom stereocenters. The highest BCUT2D eigenvalue weighted by molar-refractivity contribution is 5.14. The summed E-state index contributed by atoms with van der Waals surface area (Å²) in [6.07, 6.45) is 1.10. The number of ether oxygens (including phenoxy) is 1. The molecule has 2 rings (SSSR count). The van der Waals surface area contributed by atoms with E-state index < -0.39 is 0 Å². The van der Waals surface area contributed by atoms with Crippen LogP contribution in [0.25, 0.3) is 0 Å². The molecular weight excluding hydrogens is 200 g/mol. The van der Waals surface area contributed by atoms with Gasteiger partial charge in [-0.3, -0.25) is 4.90 Å². The number of hydrogen-bond donors (Lipinski definition) is 1. The van der Waals surface area contributed by atoms with Crippen molar-refractivity contribution in [2.45, 2.75) is 6.42 Å². The molecule has 1 heterocycles. The predicted molar refractivity (Wildman–Crippen MR) is 65.4 cm³/mol. The summed E-state index contributed by atoms with van der Waals surface area (Å²) >= 11 is 0. The standard InChI is InChI=1S/C13H20N2O/c1-2-4-13(5-3-1)6-7-14-12-15-8-10-16-11-9-15/h1-5,14H,6-12H2. The van der Waals surface area contributed by atoms with E-state index in [2.05, 4.69) is 40.5 Å². The van der Waals surface area contributed by atoms with Crippen LogP contribution in [0.1, 0.15) is 5.56 Å². The van der Waals surface area contributed by atoms with Crippen molar-refractivity contribution in [2.24, 2.45) is 0 Å². The maximum Gasteiger partial charge on any atom is 0.0594 e. The summed E-state index contributed by atoms with van der Waals surface area (Å²) < 4.78 is 5.31. The lowest BCUT2D eigenvalue weighted by Crippen LogP contribution is -2.42. The van der Waals surface area contributed by atoms with Crippen molar-refractivity contribution in [3.63, 3.8) is 0 Å². The van der Waals surface area contributed by atoms with Crippen LogP contribution in [0.2, 0.25) is 0 Å². The maximum atomic E-state index is 5.31. The molecule has 1 aromatic rings. The molecule has 0 radical (unpaired) electrons. The van der Waals surface area contributed by atoms with Crippen LogP contribution < -0.4 is 5.32 Å². The molecule has 1 aliphatic rings. The summed E-state index contributed by atoms with van der Waals surface area (Å²) in [5.74, 6) is 0. The van der Waals surface area contributed by atoms with Gasteiger partial charge < -0.3 is 10.1 Å². The van der Waals surface area contributed by atoms with Crippen LogP contribution in [0, 0.1) is 0 Å². The van der Waals surface area contributed by atoms with Crippen molar-refractivity contribution in [3.8, 4) is 0 Å². The number of nitrogens with one attached hydrogen (secondary N) is 1. The number of rotatable bonds is 5. The molecule has 0 bridgehead atoms. The van der Waals surface area contributed by atoms with Crippen molar-refractivity contribution in [3.05, 3.63) is 35.9 Å². The van der Waals surface area contributed by atoms with Gasteiger partial charge in [-0.1, -0.05) is 30.3 Å². The van der Waals surface area contributed by atoms with Crippen molar-refractivity contribution in [2.75, 3.05) is 39.5 Å². The van der Waals surface area contributed by atoms with E-state index in [0.29, 0.717) is 0 Å². The minimum Gasteiger partial charge on any atom is -0.379 e. The fraction of sp³-hybridized carbons (Fsp3) is 0.538. The zero-order valence-corrected chi connectivity index (χ0v) is 9.69. The van der Waals surface area contributed by atoms with Crippen molar-refractivity contribution in [1.29, 1.82) is 0 Å². The Labute approximate surface area is 97.4 Å². The van der Waals surface area contributed by atoms with Gasteiger partial charge in [0.2, 0.25) is 0 Å². The summed E-state index contributed by atoms with van der Waals surface area (Å²) in [6, 6.07) is 10.6. The molecule has 1 aliphatic heterocycles. The van der Waals surface area contributed by atoms with E-state index >= 15 is 0 Å². The second kappa shape index (κ2) is 6.63. The van der Waals surface area contributed by atoms with Crippen LogP contribution in [0.3, 0.4) is 0 Å². The Balaban J connectivity index is 1.58. The SMILES string of the molecule is c1ccc(CCNCN2CCOCC2)cc1. The van der Waals surface area contributed by atoms with Crippen molar-refractivity contribution in [1.82, 2.24) is 10.2 Å². The first-order valence-electron chi connectivity index (χ1n) is 6.00. The highest BCUT2D eigenvalue weighted by Gasteiger charge is 2.08. The van der Waals surface area contributed by atoms with Gasteiger partial charge in [0.15, 0.2) is 0 Å². The van der Waals surface area contributed by atoms with E-state index in [1.807, 2.05) is 0 Å². The lowest BCUT2D eigenvalue weighted by atomic mass is 10.1. The molecule has 0 unspecified atom stereocenters. The largest absolute Gasteiger partial charge is 0.379 e. The van der Waals surface area contributed by atoms with Crippen LogP contribution in [-0.2, 0) is 11.2 Å². The summed E-state index contributed by atoms with van der Waals surface area (Å²) in [6.45, 7) is 5.88.